The van der Waals surface area contributed by atoms with E-state index in [1.54, 1.807) is 24.1 Å². The van der Waals surface area contributed by atoms with Gasteiger partial charge in [-0.15, -0.1) is 0 Å². The van der Waals surface area contributed by atoms with Crippen molar-refractivity contribution in [2.45, 2.75) is 45.7 Å². The van der Waals surface area contributed by atoms with Crippen LogP contribution in [0.3, 0.4) is 0 Å². The summed E-state index contributed by atoms with van der Waals surface area (Å²) >= 11 is 0. The quantitative estimate of drug-likeness (QED) is 0.768. The molecule has 0 radical (unpaired) electrons. The van der Waals surface area contributed by atoms with Gasteiger partial charge in [-0.05, 0) is 12.8 Å². The lowest BCUT2D eigenvalue weighted by molar-refractivity contribution is 0.182. The van der Waals surface area contributed by atoms with Crippen molar-refractivity contribution in [2.75, 3.05) is 19.0 Å². The Morgan fingerprint density at radius 3 is 2.83 bits per heavy atom. The topological polar surface area (TPSA) is 56.1 Å². The maximum atomic E-state index is 12.1. The second-order valence-corrected chi connectivity index (χ2v) is 4.36. The van der Waals surface area contributed by atoms with Crippen LogP contribution >= 0.6 is 0 Å². The zero-order valence-electron chi connectivity index (χ0n) is 11.5. The van der Waals surface area contributed by atoms with E-state index in [0.717, 1.165) is 25.8 Å². The standard InChI is InChI=1S/C13H23N3O2/c1-4-6-11(10-18-3)15-12-13(17)16(8-5-2)9-7-14-12/h7,9,11H,4-6,8,10H2,1-3H3,(H,14,15). The van der Waals surface area contributed by atoms with E-state index in [9.17, 15) is 4.79 Å². The molecule has 18 heavy (non-hydrogen) atoms. The smallest absolute Gasteiger partial charge is 0.293 e. The molecule has 1 rings (SSSR count). The number of aryl methyl sites for hydroxylation is 1. The molecule has 0 aliphatic heterocycles. The monoisotopic (exact) mass is 253 g/mol. The van der Waals surface area contributed by atoms with Gasteiger partial charge in [-0.2, -0.15) is 0 Å². The molecule has 102 valence electrons. The zero-order chi connectivity index (χ0) is 13.4. The van der Waals surface area contributed by atoms with Crippen LogP contribution in [0.1, 0.15) is 33.1 Å². The Balaban J connectivity index is 2.82. The van der Waals surface area contributed by atoms with Gasteiger partial charge in [0.15, 0.2) is 5.82 Å². The van der Waals surface area contributed by atoms with Crippen molar-refractivity contribution in [3.8, 4) is 0 Å². The first-order valence-electron chi connectivity index (χ1n) is 6.53. The second-order valence-electron chi connectivity index (χ2n) is 4.36. The number of nitrogens with zero attached hydrogens (tertiary/aromatic N) is 2. The Hall–Kier alpha value is -1.36. The van der Waals surface area contributed by atoms with E-state index in [4.69, 9.17) is 4.74 Å². The van der Waals surface area contributed by atoms with Gasteiger partial charge in [-0.1, -0.05) is 20.3 Å². The highest BCUT2D eigenvalue weighted by molar-refractivity contribution is 5.32. The molecule has 0 aliphatic carbocycles. The van der Waals surface area contributed by atoms with E-state index >= 15 is 0 Å². The first kappa shape index (κ1) is 14.7. The summed E-state index contributed by atoms with van der Waals surface area (Å²) in [7, 11) is 1.66. The fourth-order valence-corrected chi connectivity index (χ4v) is 1.90. The van der Waals surface area contributed by atoms with E-state index in [1.165, 1.54) is 0 Å². The third kappa shape index (κ3) is 4.14. The second kappa shape index (κ2) is 7.87. The van der Waals surface area contributed by atoms with E-state index in [1.807, 2.05) is 6.92 Å². The van der Waals surface area contributed by atoms with E-state index in [2.05, 4.69) is 17.2 Å². The van der Waals surface area contributed by atoms with Crippen molar-refractivity contribution in [2.24, 2.45) is 0 Å². The zero-order valence-corrected chi connectivity index (χ0v) is 11.5. The maximum absolute atomic E-state index is 12.1. The largest absolute Gasteiger partial charge is 0.383 e. The predicted molar refractivity (Wildman–Crippen MR) is 73.0 cm³/mol. The normalized spacial score (nSPS) is 12.4. The number of methoxy groups -OCH3 is 1. The number of rotatable bonds is 8. The van der Waals surface area contributed by atoms with Gasteiger partial charge in [0.1, 0.15) is 0 Å². The van der Waals surface area contributed by atoms with Gasteiger partial charge >= 0.3 is 0 Å². The summed E-state index contributed by atoms with van der Waals surface area (Å²) in [5.41, 5.74) is -0.0587. The summed E-state index contributed by atoms with van der Waals surface area (Å²) in [6.45, 7) is 5.46. The molecule has 0 bridgehead atoms. The third-order valence-electron chi connectivity index (χ3n) is 2.72. The molecule has 0 fully saturated rings. The van der Waals surface area contributed by atoms with Crippen LogP contribution in [-0.4, -0.2) is 29.3 Å². The van der Waals surface area contributed by atoms with Gasteiger partial charge in [0.05, 0.1) is 12.6 Å². The molecule has 0 aromatic carbocycles. The van der Waals surface area contributed by atoms with Crippen LogP contribution in [0.15, 0.2) is 17.2 Å². The molecule has 0 aliphatic rings. The average molecular weight is 253 g/mol. The van der Waals surface area contributed by atoms with Gasteiger partial charge in [0, 0.05) is 26.0 Å². The Kier molecular flexibility index (Phi) is 6.43. The number of hydrogen-bond acceptors (Lipinski definition) is 4. The summed E-state index contributed by atoms with van der Waals surface area (Å²) in [4.78, 5) is 16.2. The van der Waals surface area contributed by atoms with Crippen LogP contribution in [0.4, 0.5) is 5.82 Å². The molecule has 0 saturated heterocycles. The van der Waals surface area contributed by atoms with Crippen LogP contribution in [0.2, 0.25) is 0 Å². The fourth-order valence-electron chi connectivity index (χ4n) is 1.90. The van der Waals surface area contributed by atoms with Crippen molar-refractivity contribution in [3.63, 3.8) is 0 Å². The van der Waals surface area contributed by atoms with Crippen molar-refractivity contribution >= 4 is 5.82 Å². The minimum absolute atomic E-state index is 0.0587. The van der Waals surface area contributed by atoms with E-state index < -0.39 is 0 Å². The highest BCUT2D eigenvalue weighted by atomic mass is 16.5. The van der Waals surface area contributed by atoms with E-state index in [0.29, 0.717) is 12.4 Å². The Morgan fingerprint density at radius 2 is 2.22 bits per heavy atom. The molecule has 1 atom stereocenters. The molecule has 1 aromatic heterocycles. The summed E-state index contributed by atoms with van der Waals surface area (Å²) in [5.74, 6) is 0.418. The first-order chi connectivity index (χ1) is 8.72. The lowest BCUT2D eigenvalue weighted by atomic mass is 10.2. The lowest BCUT2D eigenvalue weighted by Gasteiger charge is -2.17. The van der Waals surface area contributed by atoms with Gasteiger partial charge in [0.2, 0.25) is 0 Å². The van der Waals surface area contributed by atoms with Gasteiger partial charge in [0.25, 0.3) is 5.56 Å². The first-order valence-corrected chi connectivity index (χ1v) is 6.53. The number of anilines is 1. The van der Waals surface area contributed by atoms with Crippen LogP contribution in [-0.2, 0) is 11.3 Å². The highest BCUT2D eigenvalue weighted by Crippen LogP contribution is 2.04. The molecule has 5 nitrogen and oxygen atoms in total. The minimum Gasteiger partial charge on any atom is -0.383 e. The molecule has 0 amide bonds. The van der Waals surface area contributed by atoms with Crippen LogP contribution in [0.5, 0.6) is 0 Å². The number of nitrogens with one attached hydrogen (secondary N) is 1. The minimum atomic E-state index is -0.0587. The molecule has 5 heteroatoms. The molecule has 0 spiro atoms. The summed E-state index contributed by atoms with van der Waals surface area (Å²) in [6, 6.07) is 0.137. The predicted octanol–water partition coefficient (Wildman–Crippen LogP) is 1.88. The summed E-state index contributed by atoms with van der Waals surface area (Å²) < 4.78 is 6.83. The van der Waals surface area contributed by atoms with Crippen molar-refractivity contribution in [1.29, 1.82) is 0 Å². The number of aromatic nitrogens is 2. The van der Waals surface area contributed by atoms with Crippen molar-refractivity contribution in [3.05, 3.63) is 22.7 Å². The average Bonchev–Trinajstić information content (AvgIpc) is 2.35. The van der Waals surface area contributed by atoms with Crippen LogP contribution in [0, 0.1) is 0 Å². The number of hydrogen-bond donors (Lipinski definition) is 1. The Morgan fingerprint density at radius 1 is 1.44 bits per heavy atom. The van der Waals surface area contributed by atoms with Gasteiger partial charge in [-0.25, -0.2) is 4.98 Å². The summed E-state index contributed by atoms with van der Waals surface area (Å²) in [5, 5.41) is 3.18. The van der Waals surface area contributed by atoms with Crippen molar-refractivity contribution < 1.29 is 4.74 Å². The molecule has 1 aromatic rings. The van der Waals surface area contributed by atoms with Crippen LogP contribution in [0.25, 0.3) is 0 Å². The molecular formula is C13H23N3O2. The van der Waals surface area contributed by atoms with Crippen LogP contribution < -0.4 is 10.9 Å². The maximum Gasteiger partial charge on any atom is 0.293 e. The Bertz CT molecular complexity index is 397. The number of ether oxygens (including phenoxy) is 1. The highest BCUT2D eigenvalue weighted by Gasteiger charge is 2.11. The van der Waals surface area contributed by atoms with Gasteiger partial charge in [-0.3, -0.25) is 4.79 Å². The van der Waals surface area contributed by atoms with E-state index in [-0.39, 0.29) is 11.6 Å². The lowest BCUT2D eigenvalue weighted by Crippen LogP contribution is -2.31. The SMILES string of the molecule is CCCC(COC)Nc1nccn(CCC)c1=O. The molecule has 1 unspecified atom stereocenters. The third-order valence-corrected chi connectivity index (χ3v) is 2.72. The Labute approximate surface area is 108 Å². The molecule has 0 saturated carbocycles. The molecular weight excluding hydrogens is 230 g/mol. The molecule has 1 heterocycles. The fraction of sp³-hybridized carbons (Fsp3) is 0.692. The summed E-state index contributed by atoms with van der Waals surface area (Å²) in [6.07, 6.45) is 6.31. The van der Waals surface area contributed by atoms with Crippen molar-refractivity contribution in [1.82, 2.24) is 9.55 Å². The van der Waals surface area contributed by atoms with Gasteiger partial charge < -0.3 is 14.6 Å². The molecule has 1 N–H and O–H groups in total.